The van der Waals surface area contributed by atoms with E-state index in [2.05, 4.69) is 11.9 Å². The lowest BCUT2D eigenvalue weighted by atomic mass is 9.97. The van der Waals surface area contributed by atoms with Crippen molar-refractivity contribution in [3.8, 4) is 0 Å². The highest BCUT2D eigenvalue weighted by atomic mass is 16.2. The Hall–Kier alpha value is -2.42. The van der Waals surface area contributed by atoms with Gasteiger partial charge in [-0.05, 0) is 37.6 Å². The van der Waals surface area contributed by atoms with Crippen molar-refractivity contribution in [2.24, 2.45) is 0 Å². The molecule has 0 bridgehead atoms. The Morgan fingerprint density at radius 1 is 1.30 bits per heavy atom. The first-order valence-corrected chi connectivity index (χ1v) is 6.46. The number of hydrogen-bond acceptors (Lipinski definition) is 2. The Morgan fingerprint density at radius 3 is 2.45 bits per heavy atom. The van der Waals surface area contributed by atoms with Crippen molar-refractivity contribution in [1.29, 1.82) is 0 Å². The summed E-state index contributed by atoms with van der Waals surface area (Å²) in [4.78, 5) is 24.6. The van der Waals surface area contributed by atoms with Crippen LogP contribution >= 0.6 is 0 Å². The van der Waals surface area contributed by atoms with Crippen LogP contribution in [0.25, 0.3) is 0 Å². The number of carbonyl (C=O) groups is 2. The van der Waals surface area contributed by atoms with E-state index in [1.54, 1.807) is 56.3 Å². The molecule has 1 unspecified atom stereocenters. The van der Waals surface area contributed by atoms with Crippen LogP contribution in [0.4, 0.5) is 0 Å². The van der Waals surface area contributed by atoms with Crippen LogP contribution in [-0.2, 0) is 4.79 Å². The number of rotatable bonds is 3. The molecule has 0 aromatic heterocycles. The molecule has 1 aromatic rings. The van der Waals surface area contributed by atoms with E-state index >= 15 is 0 Å². The maximum atomic E-state index is 12.4. The van der Waals surface area contributed by atoms with E-state index in [1.165, 1.54) is 0 Å². The molecule has 0 heterocycles. The van der Waals surface area contributed by atoms with Gasteiger partial charge in [-0.1, -0.05) is 36.9 Å². The molecule has 1 aromatic carbocycles. The molecule has 0 aliphatic heterocycles. The van der Waals surface area contributed by atoms with Gasteiger partial charge in [0.2, 0.25) is 0 Å². The number of nitrogens with one attached hydrogen (secondary N) is 1. The molecule has 0 spiro atoms. The summed E-state index contributed by atoms with van der Waals surface area (Å²) >= 11 is 0. The third-order valence-electron chi connectivity index (χ3n) is 3.39. The van der Waals surface area contributed by atoms with Crippen molar-refractivity contribution in [2.75, 3.05) is 0 Å². The van der Waals surface area contributed by atoms with Crippen molar-refractivity contribution >= 4 is 11.7 Å². The summed E-state index contributed by atoms with van der Waals surface area (Å²) in [7, 11) is 0. The number of Topliss-reactive ketones (excluding diaryl/α,β-unsaturated/α-hetero) is 1. The molecule has 1 N–H and O–H groups in total. The second kappa shape index (κ2) is 5.29. The summed E-state index contributed by atoms with van der Waals surface area (Å²) in [5.74, 6) is -0.377. The molecule has 102 valence electrons. The van der Waals surface area contributed by atoms with Crippen molar-refractivity contribution in [2.45, 2.75) is 19.4 Å². The van der Waals surface area contributed by atoms with Gasteiger partial charge in [0.1, 0.15) is 5.54 Å². The number of hydrogen-bond donors (Lipinski definition) is 1. The number of benzene rings is 1. The Balaban J connectivity index is 2.29. The number of ketones is 1. The highest BCUT2D eigenvalue weighted by molar-refractivity contribution is 6.13. The minimum Gasteiger partial charge on any atom is -0.336 e. The third-order valence-corrected chi connectivity index (χ3v) is 3.39. The summed E-state index contributed by atoms with van der Waals surface area (Å²) in [6, 6.07) is 8.85. The average molecular weight is 267 g/mol. The van der Waals surface area contributed by atoms with Crippen molar-refractivity contribution in [3.63, 3.8) is 0 Å². The van der Waals surface area contributed by atoms with E-state index in [0.29, 0.717) is 11.1 Å². The monoisotopic (exact) mass is 267 g/mol. The maximum Gasteiger partial charge on any atom is 0.252 e. The summed E-state index contributed by atoms with van der Waals surface area (Å²) < 4.78 is 0. The van der Waals surface area contributed by atoms with Crippen LogP contribution in [0.3, 0.4) is 0 Å². The van der Waals surface area contributed by atoms with Crippen LogP contribution in [0, 0.1) is 0 Å². The van der Waals surface area contributed by atoms with Gasteiger partial charge >= 0.3 is 0 Å². The first-order valence-electron chi connectivity index (χ1n) is 6.46. The normalized spacial score (nSPS) is 23.6. The number of allylic oxidation sites excluding steroid dienone is 3. The lowest BCUT2D eigenvalue weighted by Gasteiger charge is -2.22. The van der Waals surface area contributed by atoms with Gasteiger partial charge < -0.3 is 5.32 Å². The highest BCUT2D eigenvalue weighted by Crippen LogP contribution is 2.30. The van der Waals surface area contributed by atoms with Gasteiger partial charge in [0.05, 0.1) is 0 Å². The van der Waals surface area contributed by atoms with Gasteiger partial charge in [0.25, 0.3) is 5.91 Å². The van der Waals surface area contributed by atoms with Gasteiger partial charge in [0, 0.05) is 11.1 Å². The van der Waals surface area contributed by atoms with E-state index in [9.17, 15) is 9.59 Å². The van der Waals surface area contributed by atoms with Crippen molar-refractivity contribution < 1.29 is 9.59 Å². The summed E-state index contributed by atoms with van der Waals surface area (Å²) in [5, 5.41) is 2.80. The molecule has 1 aliphatic rings. The van der Waals surface area contributed by atoms with E-state index < -0.39 is 5.54 Å². The molecule has 1 atom stereocenters. The van der Waals surface area contributed by atoms with Gasteiger partial charge in [0.15, 0.2) is 5.78 Å². The molecule has 1 amide bonds. The molecular formula is C17H17NO2. The van der Waals surface area contributed by atoms with Gasteiger partial charge in [-0.25, -0.2) is 0 Å². The summed E-state index contributed by atoms with van der Waals surface area (Å²) in [5.41, 5.74) is 0.867. The van der Waals surface area contributed by atoms with E-state index in [0.717, 1.165) is 5.57 Å². The second-order valence-electron chi connectivity index (χ2n) is 4.86. The molecular weight excluding hydrogens is 250 g/mol. The Kier molecular flexibility index (Phi) is 3.70. The molecule has 0 radical (unpaired) electrons. The molecule has 20 heavy (non-hydrogen) atoms. The summed E-state index contributed by atoms with van der Waals surface area (Å²) in [6.07, 6.45) is 5.13. The fourth-order valence-corrected chi connectivity index (χ4v) is 2.32. The second-order valence-corrected chi connectivity index (χ2v) is 4.86. The Morgan fingerprint density at radius 2 is 1.95 bits per heavy atom. The fraction of sp³-hybridized carbons (Fsp3) is 0.176. The van der Waals surface area contributed by atoms with Gasteiger partial charge in [-0.3, -0.25) is 9.59 Å². The predicted molar refractivity (Wildman–Crippen MR) is 79.4 cm³/mol. The van der Waals surface area contributed by atoms with Crippen LogP contribution in [0.1, 0.15) is 24.2 Å². The smallest absolute Gasteiger partial charge is 0.252 e. The van der Waals surface area contributed by atoms with Crippen LogP contribution in [0.2, 0.25) is 0 Å². The molecule has 0 saturated carbocycles. The van der Waals surface area contributed by atoms with Crippen LogP contribution in [0.5, 0.6) is 0 Å². The molecule has 2 rings (SSSR count). The average Bonchev–Trinajstić information content (AvgIpc) is 2.71. The zero-order valence-electron chi connectivity index (χ0n) is 11.6. The minimum atomic E-state index is -1.02. The number of carbonyl (C=O) groups excluding carboxylic acids is 2. The minimum absolute atomic E-state index is 0.112. The van der Waals surface area contributed by atoms with Crippen LogP contribution < -0.4 is 5.32 Å². The van der Waals surface area contributed by atoms with E-state index in [-0.39, 0.29) is 11.7 Å². The van der Waals surface area contributed by atoms with Crippen molar-refractivity contribution in [1.82, 2.24) is 5.32 Å². The molecule has 3 nitrogen and oxygen atoms in total. The Bertz CT molecular complexity index is 626. The van der Waals surface area contributed by atoms with Crippen LogP contribution in [-0.4, -0.2) is 17.2 Å². The zero-order valence-corrected chi connectivity index (χ0v) is 11.6. The lowest BCUT2D eigenvalue weighted by Crippen LogP contribution is -2.49. The van der Waals surface area contributed by atoms with Crippen molar-refractivity contribution in [3.05, 3.63) is 71.8 Å². The maximum absolute atomic E-state index is 12.4. The van der Waals surface area contributed by atoms with E-state index in [4.69, 9.17) is 0 Å². The number of amides is 1. The molecule has 0 fully saturated rings. The summed E-state index contributed by atoms with van der Waals surface area (Å²) in [6.45, 7) is 7.21. The van der Waals surface area contributed by atoms with Crippen LogP contribution in [0.15, 0.2) is 66.3 Å². The molecule has 1 aliphatic carbocycles. The predicted octanol–water partition coefficient (Wildman–Crippen LogP) is 2.82. The molecule has 0 saturated heterocycles. The fourth-order valence-electron chi connectivity index (χ4n) is 2.32. The standard InChI is InChI=1S/C17H17NO2/c1-4-12-11-17(3,15(19)14(12)5-2)18-16(20)13-9-7-6-8-10-13/h4-11H,1H2,2-3H3,(H,18,20)/b14-5-. The quantitative estimate of drug-likeness (QED) is 0.856. The van der Waals surface area contributed by atoms with Gasteiger partial charge in [-0.2, -0.15) is 0 Å². The third kappa shape index (κ3) is 2.35. The first kappa shape index (κ1) is 14.0. The van der Waals surface area contributed by atoms with E-state index in [1.807, 2.05) is 6.07 Å². The first-order chi connectivity index (χ1) is 9.51. The molecule has 3 heteroatoms. The SMILES string of the molecule is C=CC1=CC(C)(NC(=O)c2ccccc2)C(=O)/C1=C\C. The zero-order chi connectivity index (χ0) is 14.8. The van der Waals surface area contributed by atoms with Gasteiger partial charge in [-0.15, -0.1) is 0 Å². The largest absolute Gasteiger partial charge is 0.336 e. The highest BCUT2D eigenvalue weighted by Gasteiger charge is 2.40. The Labute approximate surface area is 118 Å². The topological polar surface area (TPSA) is 46.2 Å². The lowest BCUT2D eigenvalue weighted by molar-refractivity contribution is -0.118.